The third-order valence-electron chi connectivity index (χ3n) is 8.50. The first-order chi connectivity index (χ1) is 15.1. The molecule has 1 aromatic heterocycles. The molecule has 0 unspecified atom stereocenters. The zero-order chi connectivity index (χ0) is 21.4. The summed E-state index contributed by atoms with van der Waals surface area (Å²) in [5.74, 6) is 4.48. The van der Waals surface area contributed by atoms with Gasteiger partial charge in [0.2, 0.25) is 5.88 Å². The molecule has 172 valence electrons. The summed E-state index contributed by atoms with van der Waals surface area (Å²) in [7, 11) is 4.12. The van der Waals surface area contributed by atoms with Crippen molar-refractivity contribution in [2.75, 3.05) is 27.2 Å². The van der Waals surface area contributed by atoms with Crippen LogP contribution in [-0.4, -0.2) is 53.9 Å². The molecule has 6 rings (SSSR count). The Kier molecular flexibility index (Phi) is 6.27. The molecule has 0 saturated heterocycles. The van der Waals surface area contributed by atoms with E-state index in [1.54, 1.807) is 6.20 Å². The summed E-state index contributed by atoms with van der Waals surface area (Å²) < 4.78 is 8.23. The lowest BCUT2D eigenvalue weighted by Gasteiger charge is -2.54. The number of likely N-dealkylation sites (N-methyl/N-ethyl adjacent to an activating group) is 1. The van der Waals surface area contributed by atoms with Gasteiger partial charge in [0.15, 0.2) is 0 Å². The van der Waals surface area contributed by atoms with Gasteiger partial charge in [-0.1, -0.05) is 19.3 Å². The fourth-order valence-electron chi connectivity index (χ4n) is 7.08. The molecule has 0 atom stereocenters. The standard InChI is InChI=1S/C25H40N4O2/c1-28(2)8-9-29-25(31-16-17-6-4-3-5-7-17)22(15-26-29)24(30)27-23-20-11-18-10-19(13-20)14-21(23)12-18/h15,17-21,23H,3-14,16H2,1-2H3,(H,27,30). The summed E-state index contributed by atoms with van der Waals surface area (Å²) in [6, 6.07) is 0.344. The molecule has 1 heterocycles. The van der Waals surface area contributed by atoms with Gasteiger partial charge < -0.3 is 15.0 Å². The Bertz CT molecular complexity index is 740. The number of rotatable bonds is 8. The Morgan fingerprint density at radius 1 is 1.10 bits per heavy atom. The zero-order valence-corrected chi connectivity index (χ0v) is 19.4. The molecule has 5 saturated carbocycles. The van der Waals surface area contributed by atoms with Crippen LogP contribution in [-0.2, 0) is 6.54 Å². The Hall–Kier alpha value is -1.56. The molecule has 5 aliphatic rings. The van der Waals surface area contributed by atoms with Crippen molar-refractivity contribution in [3.05, 3.63) is 11.8 Å². The van der Waals surface area contributed by atoms with Gasteiger partial charge in [0.25, 0.3) is 5.91 Å². The molecular weight excluding hydrogens is 388 g/mol. The molecule has 0 aromatic carbocycles. The van der Waals surface area contributed by atoms with E-state index in [9.17, 15) is 4.79 Å². The van der Waals surface area contributed by atoms with Crippen LogP contribution < -0.4 is 10.1 Å². The maximum atomic E-state index is 13.4. The second-order valence-electron chi connectivity index (χ2n) is 11.1. The number of hydrogen-bond donors (Lipinski definition) is 1. The van der Waals surface area contributed by atoms with Crippen molar-refractivity contribution < 1.29 is 9.53 Å². The lowest BCUT2D eigenvalue weighted by Crippen LogP contribution is -2.55. The lowest BCUT2D eigenvalue weighted by atomic mass is 9.54. The van der Waals surface area contributed by atoms with E-state index in [0.717, 1.165) is 24.9 Å². The summed E-state index contributed by atoms with van der Waals surface area (Å²) in [6.45, 7) is 2.31. The highest BCUT2D eigenvalue weighted by Crippen LogP contribution is 2.53. The van der Waals surface area contributed by atoms with Crippen molar-refractivity contribution in [1.82, 2.24) is 20.0 Å². The molecule has 0 spiro atoms. The minimum atomic E-state index is 0.0206. The van der Waals surface area contributed by atoms with Gasteiger partial charge in [-0.2, -0.15) is 5.10 Å². The van der Waals surface area contributed by atoms with Crippen LogP contribution in [0.5, 0.6) is 5.88 Å². The second kappa shape index (κ2) is 9.13. The van der Waals surface area contributed by atoms with E-state index >= 15 is 0 Å². The molecule has 6 heteroatoms. The van der Waals surface area contributed by atoms with Crippen molar-refractivity contribution in [2.24, 2.45) is 29.6 Å². The van der Waals surface area contributed by atoms with Gasteiger partial charge in [-0.3, -0.25) is 4.79 Å². The first-order valence-corrected chi connectivity index (χ1v) is 12.7. The zero-order valence-electron chi connectivity index (χ0n) is 19.4. The van der Waals surface area contributed by atoms with Gasteiger partial charge in [-0.15, -0.1) is 0 Å². The average Bonchev–Trinajstić information content (AvgIpc) is 3.16. The van der Waals surface area contributed by atoms with Crippen LogP contribution in [0.15, 0.2) is 6.20 Å². The first-order valence-electron chi connectivity index (χ1n) is 12.7. The van der Waals surface area contributed by atoms with Gasteiger partial charge in [0.1, 0.15) is 5.56 Å². The molecule has 5 aliphatic carbocycles. The first kappa shape index (κ1) is 21.3. The SMILES string of the molecule is CN(C)CCn1ncc(C(=O)NC2C3CC4CC(C3)CC2C4)c1OCC1CCCCC1. The molecular formula is C25H40N4O2. The van der Waals surface area contributed by atoms with Crippen LogP contribution in [0.2, 0.25) is 0 Å². The van der Waals surface area contributed by atoms with Crippen LogP contribution in [0.25, 0.3) is 0 Å². The normalized spacial score (nSPS) is 32.5. The van der Waals surface area contributed by atoms with Crippen molar-refractivity contribution in [1.29, 1.82) is 0 Å². The molecule has 5 fully saturated rings. The lowest BCUT2D eigenvalue weighted by molar-refractivity contribution is -0.0120. The minimum absolute atomic E-state index is 0.0206. The number of nitrogens with one attached hydrogen (secondary N) is 1. The fourth-order valence-corrected chi connectivity index (χ4v) is 7.08. The number of amides is 1. The van der Waals surface area contributed by atoms with E-state index < -0.39 is 0 Å². The van der Waals surface area contributed by atoms with Gasteiger partial charge in [-0.05, 0) is 88.6 Å². The Morgan fingerprint density at radius 2 is 1.77 bits per heavy atom. The molecule has 0 radical (unpaired) electrons. The molecule has 1 aromatic rings. The minimum Gasteiger partial charge on any atom is -0.477 e. The fraction of sp³-hybridized carbons (Fsp3) is 0.840. The molecule has 6 nitrogen and oxygen atoms in total. The van der Waals surface area contributed by atoms with Crippen LogP contribution in [0.4, 0.5) is 0 Å². The monoisotopic (exact) mass is 428 g/mol. The summed E-state index contributed by atoms with van der Waals surface area (Å²) in [5.41, 5.74) is 0.628. The summed E-state index contributed by atoms with van der Waals surface area (Å²) >= 11 is 0. The topological polar surface area (TPSA) is 59.4 Å². The average molecular weight is 429 g/mol. The van der Waals surface area contributed by atoms with Crippen LogP contribution in [0.1, 0.15) is 74.6 Å². The number of ether oxygens (including phenoxy) is 1. The van der Waals surface area contributed by atoms with Crippen molar-refractivity contribution >= 4 is 5.91 Å². The van der Waals surface area contributed by atoms with E-state index in [0.29, 0.717) is 41.8 Å². The smallest absolute Gasteiger partial charge is 0.258 e. The van der Waals surface area contributed by atoms with E-state index in [4.69, 9.17) is 4.74 Å². The van der Waals surface area contributed by atoms with E-state index in [-0.39, 0.29) is 5.91 Å². The third kappa shape index (κ3) is 4.64. The largest absolute Gasteiger partial charge is 0.477 e. The Morgan fingerprint density at radius 3 is 2.42 bits per heavy atom. The highest BCUT2D eigenvalue weighted by Gasteiger charge is 2.48. The van der Waals surface area contributed by atoms with E-state index in [1.165, 1.54) is 64.2 Å². The molecule has 4 bridgehead atoms. The number of nitrogens with zero attached hydrogens (tertiary/aromatic N) is 3. The third-order valence-corrected chi connectivity index (χ3v) is 8.50. The maximum Gasteiger partial charge on any atom is 0.258 e. The van der Waals surface area contributed by atoms with E-state index in [1.807, 2.05) is 4.68 Å². The van der Waals surface area contributed by atoms with Crippen LogP contribution >= 0.6 is 0 Å². The molecule has 31 heavy (non-hydrogen) atoms. The van der Waals surface area contributed by atoms with Crippen molar-refractivity contribution in [2.45, 2.75) is 76.8 Å². The second-order valence-corrected chi connectivity index (χ2v) is 11.1. The predicted molar refractivity (Wildman–Crippen MR) is 121 cm³/mol. The highest BCUT2D eigenvalue weighted by atomic mass is 16.5. The predicted octanol–water partition coefficient (Wildman–Crippen LogP) is 3.96. The summed E-state index contributed by atoms with van der Waals surface area (Å²) in [6.07, 6.45) is 14.8. The molecule has 1 amide bonds. The molecule has 1 N–H and O–H groups in total. The van der Waals surface area contributed by atoms with Crippen LogP contribution in [0.3, 0.4) is 0 Å². The number of carbonyl (C=O) groups excluding carboxylic acids is 1. The van der Waals surface area contributed by atoms with Crippen molar-refractivity contribution in [3.8, 4) is 5.88 Å². The maximum absolute atomic E-state index is 13.4. The number of hydrogen-bond acceptors (Lipinski definition) is 4. The van der Waals surface area contributed by atoms with Crippen LogP contribution in [0, 0.1) is 29.6 Å². The quantitative estimate of drug-likeness (QED) is 0.681. The van der Waals surface area contributed by atoms with E-state index in [2.05, 4.69) is 29.4 Å². The van der Waals surface area contributed by atoms with Crippen molar-refractivity contribution in [3.63, 3.8) is 0 Å². The Balaban J connectivity index is 1.29. The number of carbonyl (C=O) groups is 1. The highest BCUT2D eigenvalue weighted by molar-refractivity contribution is 5.96. The van der Waals surface area contributed by atoms with Gasteiger partial charge in [0.05, 0.1) is 19.3 Å². The van der Waals surface area contributed by atoms with Gasteiger partial charge in [0, 0.05) is 12.6 Å². The number of aromatic nitrogens is 2. The summed E-state index contributed by atoms with van der Waals surface area (Å²) in [4.78, 5) is 15.5. The van der Waals surface area contributed by atoms with Gasteiger partial charge in [-0.25, -0.2) is 4.68 Å². The Labute approximate surface area is 187 Å². The summed E-state index contributed by atoms with van der Waals surface area (Å²) in [5, 5.41) is 8.01. The molecule has 0 aliphatic heterocycles. The van der Waals surface area contributed by atoms with Gasteiger partial charge >= 0.3 is 0 Å².